The van der Waals surface area contributed by atoms with Gasteiger partial charge in [-0.25, -0.2) is 4.98 Å². The molecule has 0 atom stereocenters. The van der Waals surface area contributed by atoms with Gasteiger partial charge in [-0.1, -0.05) is 18.2 Å². The summed E-state index contributed by atoms with van der Waals surface area (Å²) in [6.45, 7) is 0. The molecule has 6 nitrogen and oxygen atoms in total. The molecule has 32 heavy (non-hydrogen) atoms. The molecule has 2 aromatic heterocycles. The molecule has 0 aliphatic heterocycles. The van der Waals surface area contributed by atoms with Crippen molar-refractivity contribution >= 4 is 22.5 Å². The Morgan fingerprint density at radius 2 is 1.78 bits per heavy atom. The summed E-state index contributed by atoms with van der Waals surface area (Å²) in [5, 5.41) is 2.79. The van der Waals surface area contributed by atoms with Gasteiger partial charge in [-0.3, -0.25) is 9.59 Å². The fourth-order valence-corrected chi connectivity index (χ4v) is 3.20. The van der Waals surface area contributed by atoms with Crippen LogP contribution in [0.1, 0.15) is 15.9 Å². The molecule has 162 valence electrons. The van der Waals surface area contributed by atoms with Crippen LogP contribution in [0, 0.1) is 0 Å². The van der Waals surface area contributed by atoms with E-state index in [-0.39, 0.29) is 5.56 Å². The van der Waals surface area contributed by atoms with Crippen LogP contribution < -0.4 is 15.6 Å². The molecule has 0 spiro atoms. The Morgan fingerprint density at radius 1 is 1.06 bits per heavy atom. The number of para-hydroxylation sites is 1. The Balaban J connectivity index is 1.78. The first-order valence-electron chi connectivity index (χ1n) is 9.42. The largest absolute Gasteiger partial charge is 0.497 e. The molecule has 9 heteroatoms. The predicted molar refractivity (Wildman–Crippen MR) is 114 cm³/mol. The van der Waals surface area contributed by atoms with Crippen molar-refractivity contribution in [2.45, 2.75) is 6.18 Å². The average Bonchev–Trinajstić information content (AvgIpc) is 2.79. The van der Waals surface area contributed by atoms with Crippen molar-refractivity contribution in [1.29, 1.82) is 0 Å². The third-order valence-electron chi connectivity index (χ3n) is 4.83. The van der Waals surface area contributed by atoms with E-state index in [0.717, 1.165) is 0 Å². The molecule has 0 aliphatic carbocycles. The number of nitrogens with zero attached hydrogens (tertiary/aromatic N) is 1. The van der Waals surface area contributed by atoms with Gasteiger partial charge in [0.25, 0.3) is 11.5 Å². The van der Waals surface area contributed by atoms with Crippen molar-refractivity contribution in [3.8, 4) is 17.0 Å². The molecule has 0 saturated heterocycles. The van der Waals surface area contributed by atoms with Gasteiger partial charge in [0, 0.05) is 17.1 Å². The highest BCUT2D eigenvalue weighted by atomic mass is 19.4. The fourth-order valence-electron chi connectivity index (χ4n) is 3.20. The number of ether oxygens (including phenoxy) is 1. The molecule has 4 rings (SSSR count). The minimum Gasteiger partial charge on any atom is -0.497 e. The Bertz CT molecular complexity index is 1360. The maximum atomic E-state index is 13.0. The van der Waals surface area contributed by atoms with Gasteiger partial charge in [-0.15, -0.1) is 0 Å². The van der Waals surface area contributed by atoms with E-state index in [4.69, 9.17) is 4.74 Å². The number of alkyl halides is 3. The number of fused-ring (bicyclic) bond motifs is 1. The summed E-state index contributed by atoms with van der Waals surface area (Å²) in [7, 11) is 1.54. The second-order valence-electron chi connectivity index (χ2n) is 6.88. The number of carbonyl (C=O) groups excluding carboxylic acids is 1. The summed E-state index contributed by atoms with van der Waals surface area (Å²) in [5.74, 6) is -0.0838. The number of hydrogen-bond donors (Lipinski definition) is 2. The number of aromatic nitrogens is 2. The molecule has 0 fully saturated rings. The van der Waals surface area contributed by atoms with E-state index in [1.807, 2.05) is 4.98 Å². The van der Waals surface area contributed by atoms with Gasteiger partial charge in [0.2, 0.25) is 0 Å². The predicted octanol–water partition coefficient (Wildman–Crippen LogP) is 4.87. The number of methoxy groups -OCH3 is 1. The summed E-state index contributed by atoms with van der Waals surface area (Å²) in [6.07, 6.45) is -4.11. The molecular formula is C23H16F3N3O3. The maximum absolute atomic E-state index is 13.0. The van der Waals surface area contributed by atoms with Crippen LogP contribution in [-0.4, -0.2) is 23.0 Å². The molecule has 2 N–H and O–H groups in total. The Kier molecular flexibility index (Phi) is 5.40. The smallest absolute Gasteiger partial charge is 0.417 e. The Labute approximate surface area is 179 Å². The first kappa shape index (κ1) is 21.1. The van der Waals surface area contributed by atoms with Crippen molar-refractivity contribution < 1.29 is 22.7 Å². The highest BCUT2D eigenvalue weighted by molar-refractivity contribution is 6.13. The van der Waals surface area contributed by atoms with Crippen LogP contribution in [0.2, 0.25) is 0 Å². The quantitative estimate of drug-likeness (QED) is 0.475. The van der Waals surface area contributed by atoms with Gasteiger partial charge in [0.1, 0.15) is 11.4 Å². The van der Waals surface area contributed by atoms with Crippen molar-refractivity contribution in [2.75, 3.05) is 12.4 Å². The number of rotatable bonds is 4. The van der Waals surface area contributed by atoms with E-state index in [1.165, 1.54) is 6.07 Å². The van der Waals surface area contributed by atoms with Gasteiger partial charge >= 0.3 is 6.18 Å². The summed E-state index contributed by atoms with van der Waals surface area (Å²) in [4.78, 5) is 31.6. The first-order valence-corrected chi connectivity index (χ1v) is 9.42. The second-order valence-corrected chi connectivity index (χ2v) is 6.88. The van der Waals surface area contributed by atoms with Crippen LogP contribution in [0.25, 0.3) is 22.2 Å². The summed E-state index contributed by atoms with van der Waals surface area (Å²) in [5.41, 5.74) is -0.554. The molecule has 0 saturated carbocycles. The third kappa shape index (κ3) is 4.18. The molecule has 2 heterocycles. The second kappa shape index (κ2) is 8.18. The molecule has 0 unspecified atom stereocenters. The first-order chi connectivity index (χ1) is 15.3. The van der Waals surface area contributed by atoms with Gasteiger partial charge in [0.05, 0.1) is 29.4 Å². The number of amides is 1. The lowest BCUT2D eigenvalue weighted by Crippen LogP contribution is -2.21. The molecule has 4 aromatic rings. The zero-order chi connectivity index (χ0) is 22.9. The number of carbonyl (C=O) groups is 1. The third-order valence-corrected chi connectivity index (χ3v) is 4.83. The molecule has 0 aliphatic rings. The van der Waals surface area contributed by atoms with Gasteiger partial charge in [-0.05, 0) is 42.5 Å². The van der Waals surface area contributed by atoms with Crippen LogP contribution in [0.15, 0.2) is 71.7 Å². The van der Waals surface area contributed by atoms with Crippen molar-refractivity contribution in [2.24, 2.45) is 0 Å². The minimum atomic E-state index is -4.67. The van der Waals surface area contributed by atoms with Gasteiger partial charge in [-0.2, -0.15) is 13.2 Å². The summed E-state index contributed by atoms with van der Waals surface area (Å²) in [6, 6.07) is 16.0. The molecular weight excluding hydrogens is 423 g/mol. The average molecular weight is 439 g/mol. The lowest BCUT2D eigenvalue weighted by atomic mass is 10.0. The highest BCUT2D eigenvalue weighted by Crippen LogP contribution is 2.30. The maximum Gasteiger partial charge on any atom is 0.417 e. The number of hydrogen-bond acceptors (Lipinski definition) is 4. The molecule has 0 bridgehead atoms. The lowest BCUT2D eigenvalue weighted by Gasteiger charge is -2.12. The van der Waals surface area contributed by atoms with Crippen LogP contribution in [0.4, 0.5) is 18.9 Å². The fraction of sp³-hybridized carbons (Fsp3) is 0.0870. The van der Waals surface area contributed by atoms with Crippen LogP contribution in [-0.2, 0) is 6.18 Å². The van der Waals surface area contributed by atoms with E-state index in [2.05, 4.69) is 10.3 Å². The highest BCUT2D eigenvalue weighted by Gasteiger charge is 2.31. The number of halogens is 3. The molecule has 2 aromatic carbocycles. The van der Waals surface area contributed by atoms with E-state index in [1.54, 1.807) is 55.6 Å². The Morgan fingerprint density at radius 3 is 2.47 bits per heavy atom. The normalized spacial score (nSPS) is 11.4. The van der Waals surface area contributed by atoms with Crippen LogP contribution in [0.3, 0.4) is 0 Å². The Hall–Kier alpha value is -4.14. The number of nitrogens with one attached hydrogen (secondary N) is 2. The summed E-state index contributed by atoms with van der Waals surface area (Å²) >= 11 is 0. The lowest BCUT2D eigenvalue weighted by molar-refractivity contribution is -0.137. The van der Waals surface area contributed by atoms with E-state index in [9.17, 15) is 22.8 Å². The number of anilines is 1. The van der Waals surface area contributed by atoms with Crippen molar-refractivity contribution in [3.05, 3.63) is 88.3 Å². The van der Waals surface area contributed by atoms with Crippen molar-refractivity contribution in [1.82, 2.24) is 9.97 Å². The number of benzene rings is 2. The topological polar surface area (TPSA) is 84.1 Å². The van der Waals surface area contributed by atoms with E-state index >= 15 is 0 Å². The molecule has 0 radical (unpaired) electrons. The zero-order valence-corrected chi connectivity index (χ0v) is 16.7. The van der Waals surface area contributed by atoms with Crippen molar-refractivity contribution in [3.63, 3.8) is 0 Å². The van der Waals surface area contributed by atoms with Crippen LogP contribution >= 0.6 is 0 Å². The van der Waals surface area contributed by atoms with Crippen LogP contribution in [0.5, 0.6) is 5.75 Å². The number of aromatic amines is 1. The number of pyridine rings is 2. The molecule has 1 amide bonds. The summed E-state index contributed by atoms with van der Waals surface area (Å²) < 4.78 is 44.2. The van der Waals surface area contributed by atoms with Gasteiger partial charge < -0.3 is 15.0 Å². The number of H-pyrrole nitrogens is 1. The van der Waals surface area contributed by atoms with E-state index in [0.29, 0.717) is 40.2 Å². The SMILES string of the molecule is COc1ccc(-c2cc(C(=O)Nc3cc(C(F)(F)F)c[nH]c3=O)c3ccccc3n2)cc1. The van der Waals surface area contributed by atoms with E-state index < -0.39 is 28.9 Å². The van der Waals surface area contributed by atoms with Gasteiger partial charge in [0.15, 0.2) is 0 Å². The monoisotopic (exact) mass is 439 g/mol. The zero-order valence-electron chi connectivity index (χ0n) is 16.7. The minimum absolute atomic E-state index is 0.165. The standard InChI is InChI=1S/C23H16F3N3O3/c1-32-15-8-6-13(7-9-15)19-11-17(16-4-2-3-5-18(16)28-19)21(30)29-20-10-14(23(24,25)26)12-27-22(20)31/h2-12H,1H3,(H,27,31)(H,29,30).